The van der Waals surface area contributed by atoms with Crippen LogP contribution < -0.4 is 4.72 Å². The summed E-state index contributed by atoms with van der Waals surface area (Å²) in [4.78, 5) is 10.3. The van der Waals surface area contributed by atoms with Gasteiger partial charge in [0.1, 0.15) is 0 Å². The van der Waals surface area contributed by atoms with Gasteiger partial charge in [0, 0.05) is 21.8 Å². The highest BCUT2D eigenvalue weighted by atomic mass is 79.9. The Morgan fingerprint density at radius 1 is 1.19 bits per heavy atom. The molecule has 0 aliphatic heterocycles. The van der Waals surface area contributed by atoms with E-state index in [1.165, 1.54) is 30.3 Å². The van der Waals surface area contributed by atoms with Crippen molar-refractivity contribution in [3.8, 4) is 0 Å². The molecule has 1 N–H and O–H groups in total. The van der Waals surface area contributed by atoms with Gasteiger partial charge < -0.3 is 0 Å². The molecule has 0 aliphatic rings. The van der Waals surface area contributed by atoms with Gasteiger partial charge in [0.25, 0.3) is 15.7 Å². The molecule has 8 heteroatoms. The third kappa shape index (κ3) is 3.59. The van der Waals surface area contributed by atoms with Crippen molar-refractivity contribution in [3.63, 3.8) is 0 Å². The second-order valence-corrected chi connectivity index (χ2v) is 6.92. The van der Waals surface area contributed by atoms with E-state index in [-0.39, 0.29) is 16.3 Å². The van der Waals surface area contributed by atoms with Crippen molar-refractivity contribution in [2.24, 2.45) is 0 Å². The van der Waals surface area contributed by atoms with Crippen molar-refractivity contribution < 1.29 is 13.3 Å². The maximum absolute atomic E-state index is 12.2. The third-order valence-electron chi connectivity index (χ3n) is 2.75. The van der Waals surface area contributed by atoms with E-state index in [1.54, 1.807) is 19.1 Å². The number of nitro benzene ring substituents is 1. The van der Waals surface area contributed by atoms with E-state index in [9.17, 15) is 18.5 Å². The number of anilines is 1. The van der Waals surface area contributed by atoms with E-state index in [0.29, 0.717) is 10.0 Å². The first kappa shape index (κ1) is 15.5. The topological polar surface area (TPSA) is 89.3 Å². The first-order valence-electron chi connectivity index (χ1n) is 5.83. The summed E-state index contributed by atoms with van der Waals surface area (Å²) in [5.74, 6) is 0. The maximum Gasteiger partial charge on any atom is 0.272 e. The molecular weight excluding hydrogens is 360 g/mol. The molecule has 0 amide bonds. The van der Waals surface area contributed by atoms with Crippen LogP contribution in [0.3, 0.4) is 0 Å². The van der Waals surface area contributed by atoms with Crippen molar-refractivity contribution >= 4 is 37.3 Å². The summed E-state index contributed by atoms with van der Waals surface area (Å²) in [6.07, 6.45) is 0. The molecule has 110 valence electrons. The number of nitrogens with zero attached hydrogens (tertiary/aromatic N) is 1. The standard InChI is InChI=1S/C13H11BrN2O4S/c1-9-7-11(5-6-13(9)16(17)18)15-21(19,20)12-4-2-3-10(14)8-12/h2-8,15H,1H3. The third-order valence-corrected chi connectivity index (χ3v) is 4.62. The normalized spacial score (nSPS) is 11.1. The fourth-order valence-electron chi connectivity index (χ4n) is 1.77. The van der Waals surface area contributed by atoms with Crippen molar-refractivity contribution in [3.05, 3.63) is 62.6 Å². The number of nitro groups is 1. The molecule has 0 saturated carbocycles. The molecule has 0 aromatic heterocycles. The average Bonchev–Trinajstić information content (AvgIpc) is 2.37. The first-order valence-corrected chi connectivity index (χ1v) is 8.10. The van der Waals surface area contributed by atoms with Crippen LogP contribution in [0.1, 0.15) is 5.56 Å². The lowest BCUT2D eigenvalue weighted by Crippen LogP contribution is -2.13. The number of aryl methyl sites for hydroxylation is 1. The van der Waals surface area contributed by atoms with Crippen LogP contribution in [0, 0.1) is 17.0 Å². The zero-order valence-corrected chi connectivity index (χ0v) is 13.3. The Morgan fingerprint density at radius 2 is 1.90 bits per heavy atom. The highest BCUT2D eigenvalue weighted by Crippen LogP contribution is 2.24. The molecule has 0 atom stereocenters. The molecule has 2 aromatic rings. The summed E-state index contributed by atoms with van der Waals surface area (Å²) < 4.78 is 27.5. The number of rotatable bonds is 4. The number of hydrogen-bond acceptors (Lipinski definition) is 4. The van der Waals surface area contributed by atoms with Gasteiger partial charge in [-0.1, -0.05) is 22.0 Å². The summed E-state index contributed by atoms with van der Waals surface area (Å²) in [5.41, 5.74) is 0.605. The van der Waals surface area contributed by atoms with E-state index in [4.69, 9.17) is 0 Å². The molecule has 21 heavy (non-hydrogen) atoms. The van der Waals surface area contributed by atoms with Gasteiger partial charge in [-0.15, -0.1) is 0 Å². The number of halogens is 1. The van der Waals surface area contributed by atoms with E-state index < -0.39 is 14.9 Å². The molecule has 0 heterocycles. The molecular formula is C13H11BrN2O4S. The Morgan fingerprint density at radius 3 is 2.48 bits per heavy atom. The van der Waals surface area contributed by atoms with Crippen LogP contribution in [0.4, 0.5) is 11.4 Å². The van der Waals surface area contributed by atoms with E-state index in [2.05, 4.69) is 20.7 Å². The Balaban J connectivity index is 2.33. The summed E-state index contributed by atoms with van der Waals surface area (Å²) in [5, 5.41) is 10.7. The number of sulfonamides is 1. The van der Waals surface area contributed by atoms with Crippen LogP contribution in [0.25, 0.3) is 0 Å². The van der Waals surface area contributed by atoms with Crippen molar-refractivity contribution in [1.82, 2.24) is 0 Å². The van der Waals surface area contributed by atoms with Crippen molar-refractivity contribution in [2.45, 2.75) is 11.8 Å². The van der Waals surface area contributed by atoms with Gasteiger partial charge in [-0.2, -0.15) is 0 Å². The fourth-order valence-corrected chi connectivity index (χ4v) is 3.42. The molecule has 2 aromatic carbocycles. The van der Waals surface area contributed by atoms with Crippen LogP contribution in [0.2, 0.25) is 0 Å². The Kier molecular flexibility index (Phi) is 4.29. The Hall–Kier alpha value is -1.93. The van der Waals surface area contributed by atoms with E-state index >= 15 is 0 Å². The SMILES string of the molecule is Cc1cc(NS(=O)(=O)c2cccc(Br)c2)ccc1[N+](=O)[O-]. The smallest absolute Gasteiger partial charge is 0.272 e. The van der Waals surface area contributed by atoms with Gasteiger partial charge in [0.2, 0.25) is 0 Å². The van der Waals surface area contributed by atoms with E-state index in [1.807, 2.05) is 0 Å². The van der Waals surface area contributed by atoms with Gasteiger partial charge in [-0.25, -0.2) is 8.42 Å². The Bertz CT molecular complexity index is 806. The van der Waals surface area contributed by atoms with Gasteiger partial charge in [-0.3, -0.25) is 14.8 Å². The zero-order chi connectivity index (χ0) is 15.6. The quantitative estimate of drug-likeness (QED) is 0.658. The average molecular weight is 371 g/mol. The molecule has 0 radical (unpaired) electrons. The predicted octanol–water partition coefficient (Wildman–Crippen LogP) is 3.47. The summed E-state index contributed by atoms with van der Waals surface area (Å²) in [7, 11) is -3.74. The number of nitrogens with one attached hydrogen (secondary N) is 1. The van der Waals surface area contributed by atoms with Crippen LogP contribution in [-0.2, 0) is 10.0 Å². The lowest BCUT2D eigenvalue weighted by atomic mass is 10.2. The van der Waals surface area contributed by atoms with Gasteiger partial charge in [0.15, 0.2) is 0 Å². The molecule has 0 unspecified atom stereocenters. The highest BCUT2D eigenvalue weighted by molar-refractivity contribution is 9.10. The second-order valence-electron chi connectivity index (χ2n) is 4.32. The molecule has 6 nitrogen and oxygen atoms in total. The maximum atomic E-state index is 12.2. The lowest BCUT2D eigenvalue weighted by molar-refractivity contribution is -0.385. The van der Waals surface area contributed by atoms with Gasteiger partial charge in [0.05, 0.1) is 9.82 Å². The van der Waals surface area contributed by atoms with E-state index in [0.717, 1.165) is 0 Å². The van der Waals surface area contributed by atoms with Crippen LogP contribution in [0.15, 0.2) is 51.8 Å². The fraction of sp³-hybridized carbons (Fsp3) is 0.0769. The zero-order valence-electron chi connectivity index (χ0n) is 10.9. The van der Waals surface area contributed by atoms with Gasteiger partial charge in [-0.05, 0) is 37.3 Å². The summed E-state index contributed by atoms with van der Waals surface area (Å²) in [6, 6.07) is 10.3. The van der Waals surface area contributed by atoms with Crippen LogP contribution in [-0.4, -0.2) is 13.3 Å². The summed E-state index contributed by atoms with van der Waals surface area (Å²) >= 11 is 3.21. The number of hydrogen-bond donors (Lipinski definition) is 1. The molecule has 0 fully saturated rings. The molecule has 0 saturated heterocycles. The first-order chi connectivity index (χ1) is 9.79. The number of benzene rings is 2. The highest BCUT2D eigenvalue weighted by Gasteiger charge is 2.16. The van der Waals surface area contributed by atoms with Gasteiger partial charge >= 0.3 is 0 Å². The Labute approximate surface area is 130 Å². The molecule has 0 spiro atoms. The minimum absolute atomic E-state index is 0.0552. The van der Waals surface area contributed by atoms with Crippen molar-refractivity contribution in [2.75, 3.05) is 4.72 Å². The molecule has 0 bridgehead atoms. The lowest BCUT2D eigenvalue weighted by Gasteiger charge is -2.09. The predicted molar refractivity (Wildman–Crippen MR) is 82.8 cm³/mol. The van der Waals surface area contributed by atoms with Crippen LogP contribution in [0.5, 0.6) is 0 Å². The monoisotopic (exact) mass is 370 g/mol. The summed E-state index contributed by atoms with van der Waals surface area (Å²) in [6.45, 7) is 1.55. The molecule has 0 aliphatic carbocycles. The second kappa shape index (κ2) is 5.82. The largest absolute Gasteiger partial charge is 0.280 e. The molecule has 2 rings (SSSR count). The van der Waals surface area contributed by atoms with Crippen LogP contribution >= 0.6 is 15.9 Å². The minimum Gasteiger partial charge on any atom is -0.280 e. The minimum atomic E-state index is -3.74. The van der Waals surface area contributed by atoms with Crippen molar-refractivity contribution in [1.29, 1.82) is 0 Å².